The highest BCUT2D eigenvalue weighted by molar-refractivity contribution is 7.10. The number of benzene rings is 1. The van der Waals surface area contributed by atoms with Gasteiger partial charge in [0.15, 0.2) is 6.61 Å². The van der Waals surface area contributed by atoms with Crippen molar-refractivity contribution in [3.63, 3.8) is 0 Å². The van der Waals surface area contributed by atoms with Crippen molar-refractivity contribution < 1.29 is 14.3 Å². The number of fused-ring (bicyclic) bond motifs is 1. The Morgan fingerprint density at radius 1 is 1.32 bits per heavy atom. The Morgan fingerprint density at radius 3 is 3.00 bits per heavy atom. The normalized spacial score (nSPS) is 13.6. The van der Waals surface area contributed by atoms with Crippen LogP contribution in [0.4, 0.5) is 0 Å². The molecule has 2 heterocycles. The van der Waals surface area contributed by atoms with E-state index in [9.17, 15) is 9.59 Å². The van der Waals surface area contributed by atoms with E-state index in [-0.39, 0.29) is 12.5 Å². The van der Waals surface area contributed by atoms with E-state index in [0.29, 0.717) is 18.7 Å². The SMILES string of the molecule is Cc1cccc(C(=O)OCC(=O)N2CCc3sccc3C2)c1. The molecule has 1 aromatic heterocycles. The monoisotopic (exact) mass is 315 g/mol. The molecule has 0 unspecified atom stereocenters. The molecule has 0 radical (unpaired) electrons. The van der Waals surface area contributed by atoms with Crippen LogP contribution in [0.1, 0.15) is 26.4 Å². The molecule has 22 heavy (non-hydrogen) atoms. The van der Waals surface area contributed by atoms with Gasteiger partial charge in [-0.1, -0.05) is 17.7 Å². The standard InChI is InChI=1S/C17H17NO3S/c1-12-3-2-4-13(9-12)17(20)21-11-16(19)18-7-5-15-14(10-18)6-8-22-15/h2-4,6,8-9H,5,7,10-11H2,1H3. The molecule has 0 atom stereocenters. The number of esters is 1. The van der Waals surface area contributed by atoms with Gasteiger partial charge in [0, 0.05) is 18.0 Å². The Morgan fingerprint density at radius 2 is 2.18 bits per heavy atom. The minimum atomic E-state index is -0.453. The summed E-state index contributed by atoms with van der Waals surface area (Å²) < 4.78 is 5.14. The Bertz CT molecular complexity index is 707. The number of amides is 1. The van der Waals surface area contributed by atoms with Crippen LogP contribution in [0.2, 0.25) is 0 Å². The lowest BCUT2D eigenvalue weighted by Crippen LogP contribution is -2.38. The van der Waals surface area contributed by atoms with Crippen molar-refractivity contribution in [2.24, 2.45) is 0 Å². The van der Waals surface area contributed by atoms with Gasteiger partial charge in [0.1, 0.15) is 0 Å². The molecule has 1 aliphatic heterocycles. The Labute approximate surface area is 133 Å². The maximum atomic E-state index is 12.2. The largest absolute Gasteiger partial charge is 0.452 e. The lowest BCUT2D eigenvalue weighted by molar-refractivity contribution is -0.135. The first kappa shape index (κ1) is 14.8. The second-order valence-corrected chi connectivity index (χ2v) is 6.38. The molecule has 5 heteroatoms. The summed E-state index contributed by atoms with van der Waals surface area (Å²) >= 11 is 1.73. The van der Waals surface area contributed by atoms with Gasteiger partial charge in [-0.3, -0.25) is 4.79 Å². The van der Waals surface area contributed by atoms with E-state index in [1.807, 2.05) is 13.0 Å². The topological polar surface area (TPSA) is 46.6 Å². The smallest absolute Gasteiger partial charge is 0.338 e. The zero-order valence-electron chi connectivity index (χ0n) is 12.4. The molecule has 0 saturated carbocycles. The Kier molecular flexibility index (Phi) is 4.24. The van der Waals surface area contributed by atoms with Crippen LogP contribution in [0.15, 0.2) is 35.7 Å². The molecule has 0 spiro atoms. The lowest BCUT2D eigenvalue weighted by atomic mass is 10.1. The predicted molar refractivity (Wildman–Crippen MR) is 84.9 cm³/mol. The van der Waals surface area contributed by atoms with Gasteiger partial charge in [-0.15, -0.1) is 11.3 Å². The van der Waals surface area contributed by atoms with Gasteiger partial charge in [-0.25, -0.2) is 4.79 Å². The maximum Gasteiger partial charge on any atom is 0.338 e. The van der Waals surface area contributed by atoms with Gasteiger partial charge in [-0.05, 0) is 42.5 Å². The molecular formula is C17H17NO3S. The fourth-order valence-corrected chi connectivity index (χ4v) is 3.42. The summed E-state index contributed by atoms with van der Waals surface area (Å²) in [7, 11) is 0. The Balaban J connectivity index is 1.56. The summed E-state index contributed by atoms with van der Waals surface area (Å²) in [5.74, 6) is -0.594. The number of rotatable bonds is 3. The molecule has 1 amide bonds. The Hall–Kier alpha value is -2.14. The predicted octanol–water partition coefficient (Wildman–Crippen LogP) is 2.80. The molecular weight excluding hydrogens is 298 g/mol. The van der Waals surface area contributed by atoms with E-state index in [0.717, 1.165) is 12.0 Å². The van der Waals surface area contributed by atoms with E-state index in [1.54, 1.807) is 34.4 Å². The highest BCUT2D eigenvalue weighted by atomic mass is 32.1. The van der Waals surface area contributed by atoms with Gasteiger partial charge < -0.3 is 9.64 Å². The van der Waals surface area contributed by atoms with Crippen LogP contribution >= 0.6 is 11.3 Å². The van der Waals surface area contributed by atoms with Crippen molar-refractivity contribution in [2.45, 2.75) is 19.9 Å². The fourth-order valence-electron chi connectivity index (χ4n) is 2.54. The zero-order chi connectivity index (χ0) is 15.5. The number of carbonyl (C=O) groups excluding carboxylic acids is 2. The highest BCUT2D eigenvalue weighted by Gasteiger charge is 2.22. The fraction of sp³-hybridized carbons (Fsp3) is 0.294. The van der Waals surface area contributed by atoms with E-state index >= 15 is 0 Å². The summed E-state index contributed by atoms with van der Waals surface area (Å²) in [4.78, 5) is 27.2. The number of nitrogens with zero attached hydrogens (tertiary/aromatic N) is 1. The number of thiophene rings is 1. The summed E-state index contributed by atoms with van der Waals surface area (Å²) in [6, 6.07) is 9.21. The van der Waals surface area contributed by atoms with Gasteiger partial charge in [0.2, 0.25) is 0 Å². The quantitative estimate of drug-likeness (QED) is 0.818. The van der Waals surface area contributed by atoms with Crippen molar-refractivity contribution in [1.29, 1.82) is 0 Å². The van der Waals surface area contributed by atoms with Crippen LogP contribution in [0.5, 0.6) is 0 Å². The van der Waals surface area contributed by atoms with Crippen LogP contribution < -0.4 is 0 Å². The molecule has 114 valence electrons. The van der Waals surface area contributed by atoms with E-state index in [1.165, 1.54) is 10.4 Å². The summed E-state index contributed by atoms with van der Waals surface area (Å²) in [6.07, 6.45) is 0.880. The van der Waals surface area contributed by atoms with Crippen molar-refractivity contribution in [1.82, 2.24) is 4.90 Å². The van der Waals surface area contributed by atoms with E-state index in [2.05, 4.69) is 11.4 Å². The number of ether oxygens (including phenoxy) is 1. The molecule has 0 aliphatic carbocycles. The maximum absolute atomic E-state index is 12.2. The molecule has 0 N–H and O–H groups in total. The molecule has 0 bridgehead atoms. The number of hydrogen-bond acceptors (Lipinski definition) is 4. The van der Waals surface area contributed by atoms with E-state index < -0.39 is 5.97 Å². The number of aryl methyl sites for hydroxylation is 1. The lowest BCUT2D eigenvalue weighted by Gasteiger charge is -2.26. The van der Waals surface area contributed by atoms with Crippen LogP contribution in [-0.2, 0) is 22.5 Å². The summed E-state index contributed by atoms with van der Waals surface area (Å²) in [6.45, 7) is 3.01. The molecule has 1 aliphatic rings. The van der Waals surface area contributed by atoms with Crippen LogP contribution in [0, 0.1) is 6.92 Å². The molecule has 0 saturated heterocycles. The van der Waals surface area contributed by atoms with Crippen LogP contribution in [0.3, 0.4) is 0 Å². The van der Waals surface area contributed by atoms with Gasteiger partial charge in [0.25, 0.3) is 5.91 Å². The summed E-state index contributed by atoms with van der Waals surface area (Å²) in [5, 5.41) is 2.05. The van der Waals surface area contributed by atoms with Gasteiger partial charge in [-0.2, -0.15) is 0 Å². The second kappa shape index (κ2) is 6.32. The average Bonchev–Trinajstić information content (AvgIpc) is 2.99. The molecule has 1 aromatic carbocycles. The third-order valence-electron chi connectivity index (χ3n) is 3.74. The van der Waals surface area contributed by atoms with Crippen LogP contribution in [0.25, 0.3) is 0 Å². The van der Waals surface area contributed by atoms with Crippen molar-refractivity contribution >= 4 is 23.2 Å². The number of carbonyl (C=O) groups is 2. The van der Waals surface area contributed by atoms with Gasteiger partial charge >= 0.3 is 5.97 Å². The second-order valence-electron chi connectivity index (χ2n) is 5.38. The summed E-state index contributed by atoms with van der Waals surface area (Å²) in [5.41, 5.74) is 2.67. The van der Waals surface area contributed by atoms with Crippen molar-refractivity contribution in [3.8, 4) is 0 Å². The molecule has 2 aromatic rings. The van der Waals surface area contributed by atoms with E-state index in [4.69, 9.17) is 4.74 Å². The highest BCUT2D eigenvalue weighted by Crippen LogP contribution is 2.23. The van der Waals surface area contributed by atoms with Crippen LogP contribution in [-0.4, -0.2) is 29.9 Å². The zero-order valence-corrected chi connectivity index (χ0v) is 13.2. The minimum Gasteiger partial charge on any atom is -0.452 e. The third kappa shape index (κ3) is 3.20. The van der Waals surface area contributed by atoms with Crippen molar-refractivity contribution in [3.05, 3.63) is 57.3 Å². The number of hydrogen-bond donors (Lipinski definition) is 0. The first-order valence-electron chi connectivity index (χ1n) is 7.20. The minimum absolute atomic E-state index is 0.141. The first-order chi connectivity index (χ1) is 10.6. The van der Waals surface area contributed by atoms with Gasteiger partial charge in [0.05, 0.1) is 5.56 Å². The third-order valence-corrected chi connectivity index (χ3v) is 4.76. The average molecular weight is 315 g/mol. The molecule has 0 fully saturated rings. The molecule has 4 nitrogen and oxygen atoms in total. The van der Waals surface area contributed by atoms with Crippen molar-refractivity contribution in [2.75, 3.05) is 13.2 Å². The first-order valence-corrected chi connectivity index (χ1v) is 8.08. The molecule has 3 rings (SSSR count).